The summed E-state index contributed by atoms with van der Waals surface area (Å²) in [7, 11) is -3.51. The second-order valence-electron chi connectivity index (χ2n) is 5.36. The predicted octanol–water partition coefficient (Wildman–Crippen LogP) is 3.36. The topological polar surface area (TPSA) is 70.0 Å². The lowest BCUT2D eigenvalue weighted by molar-refractivity contribution is 0.443. The largest absolute Gasteiger partial charge is 0.240 e. The van der Waals surface area contributed by atoms with E-state index in [1.807, 2.05) is 6.07 Å². The van der Waals surface area contributed by atoms with E-state index in [9.17, 15) is 8.42 Å². The first kappa shape index (κ1) is 17.7. The van der Waals surface area contributed by atoms with E-state index in [4.69, 9.17) is 5.26 Å². The Morgan fingerprint density at radius 1 is 1.33 bits per heavy atom. The molecule has 1 aromatic carbocycles. The molecule has 0 radical (unpaired) electrons. The molecule has 0 aliphatic carbocycles. The van der Waals surface area contributed by atoms with Gasteiger partial charge in [-0.3, -0.25) is 0 Å². The van der Waals surface area contributed by atoms with Crippen molar-refractivity contribution in [1.82, 2.24) is 4.72 Å². The monoisotopic (exact) mass is 308 g/mol. The van der Waals surface area contributed by atoms with Crippen LogP contribution in [-0.2, 0) is 10.0 Å². The van der Waals surface area contributed by atoms with Gasteiger partial charge >= 0.3 is 0 Å². The Balaban J connectivity index is 2.80. The van der Waals surface area contributed by atoms with Crippen molar-refractivity contribution >= 4 is 10.0 Å². The van der Waals surface area contributed by atoms with Crippen LogP contribution >= 0.6 is 0 Å². The highest BCUT2D eigenvalue weighted by Crippen LogP contribution is 2.18. The molecule has 0 aliphatic heterocycles. The highest BCUT2D eigenvalue weighted by Gasteiger charge is 2.18. The SMILES string of the molecule is CCCCC(CC)CNS(=O)(=O)c1ccc(C#N)cc1C. The fraction of sp³-hybridized carbons (Fsp3) is 0.562. The average molecular weight is 308 g/mol. The Morgan fingerprint density at radius 2 is 2.05 bits per heavy atom. The van der Waals surface area contributed by atoms with E-state index in [0.717, 1.165) is 25.7 Å². The highest BCUT2D eigenvalue weighted by atomic mass is 32.2. The maximum atomic E-state index is 12.4. The summed E-state index contributed by atoms with van der Waals surface area (Å²) < 4.78 is 27.4. The van der Waals surface area contributed by atoms with Gasteiger partial charge in [0.05, 0.1) is 16.5 Å². The molecule has 0 amide bonds. The second kappa shape index (κ2) is 8.16. The summed E-state index contributed by atoms with van der Waals surface area (Å²) in [5.74, 6) is 0.374. The van der Waals surface area contributed by atoms with Gasteiger partial charge in [-0.1, -0.05) is 33.1 Å². The highest BCUT2D eigenvalue weighted by molar-refractivity contribution is 7.89. The van der Waals surface area contributed by atoms with Crippen molar-refractivity contribution in [3.05, 3.63) is 29.3 Å². The van der Waals surface area contributed by atoms with Gasteiger partial charge in [-0.15, -0.1) is 0 Å². The molecule has 0 spiro atoms. The van der Waals surface area contributed by atoms with E-state index in [1.165, 1.54) is 12.1 Å². The fourth-order valence-corrected chi connectivity index (χ4v) is 3.61. The molecule has 0 aliphatic rings. The predicted molar refractivity (Wildman–Crippen MR) is 84.4 cm³/mol. The van der Waals surface area contributed by atoms with Crippen molar-refractivity contribution in [2.24, 2.45) is 5.92 Å². The maximum absolute atomic E-state index is 12.4. The third kappa shape index (κ3) is 5.14. The van der Waals surface area contributed by atoms with E-state index < -0.39 is 10.0 Å². The van der Waals surface area contributed by atoms with Gasteiger partial charge in [0.15, 0.2) is 0 Å². The number of aryl methyl sites for hydroxylation is 1. The lowest BCUT2D eigenvalue weighted by Crippen LogP contribution is -2.29. The lowest BCUT2D eigenvalue weighted by Gasteiger charge is -2.16. The molecule has 0 saturated carbocycles. The molecular weight excluding hydrogens is 284 g/mol. The zero-order valence-electron chi connectivity index (χ0n) is 13.0. The van der Waals surface area contributed by atoms with Crippen LogP contribution in [-0.4, -0.2) is 15.0 Å². The number of hydrogen-bond donors (Lipinski definition) is 1. The zero-order chi connectivity index (χ0) is 15.9. The Kier molecular flexibility index (Phi) is 6.86. The molecule has 4 nitrogen and oxygen atoms in total. The Morgan fingerprint density at radius 3 is 2.57 bits per heavy atom. The number of rotatable bonds is 8. The minimum atomic E-state index is -3.51. The van der Waals surface area contributed by atoms with Gasteiger partial charge < -0.3 is 0 Å². The van der Waals surface area contributed by atoms with Gasteiger partial charge in [-0.05, 0) is 43.0 Å². The minimum absolute atomic E-state index is 0.256. The molecule has 0 aromatic heterocycles. The Labute approximate surface area is 128 Å². The van der Waals surface area contributed by atoms with Crippen LogP contribution in [0.15, 0.2) is 23.1 Å². The molecule has 1 N–H and O–H groups in total. The third-order valence-corrected chi connectivity index (χ3v) is 5.28. The van der Waals surface area contributed by atoms with Crippen molar-refractivity contribution in [3.63, 3.8) is 0 Å². The van der Waals surface area contributed by atoms with E-state index in [2.05, 4.69) is 18.6 Å². The summed E-state index contributed by atoms with van der Waals surface area (Å²) in [6.45, 7) is 6.40. The van der Waals surface area contributed by atoms with Crippen LogP contribution < -0.4 is 4.72 Å². The summed E-state index contributed by atoms with van der Waals surface area (Å²) in [4.78, 5) is 0.256. The van der Waals surface area contributed by atoms with Gasteiger partial charge in [0, 0.05) is 6.54 Å². The minimum Gasteiger partial charge on any atom is -0.211 e. The number of benzene rings is 1. The van der Waals surface area contributed by atoms with Crippen molar-refractivity contribution < 1.29 is 8.42 Å². The van der Waals surface area contributed by atoms with Crippen LogP contribution in [0.2, 0.25) is 0 Å². The first-order valence-electron chi connectivity index (χ1n) is 7.45. The molecule has 1 rings (SSSR count). The number of nitrogens with zero attached hydrogens (tertiary/aromatic N) is 1. The molecule has 0 heterocycles. The number of nitrogens with one attached hydrogen (secondary N) is 1. The van der Waals surface area contributed by atoms with Crippen molar-refractivity contribution in [2.45, 2.75) is 51.3 Å². The summed E-state index contributed by atoms with van der Waals surface area (Å²) in [6.07, 6.45) is 4.25. The standard InChI is InChI=1S/C16H24N2O2S/c1-4-6-7-14(5-2)12-18-21(19,20)16-9-8-15(11-17)10-13(16)3/h8-10,14,18H,4-7,12H2,1-3H3. The molecule has 5 heteroatoms. The van der Waals surface area contributed by atoms with Crippen molar-refractivity contribution in [3.8, 4) is 6.07 Å². The maximum Gasteiger partial charge on any atom is 0.240 e. The molecule has 1 unspecified atom stereocenters. The van der Waals surface area contributed by atoms with E-state index >= 15 is 0 Å². The molecule has 116 valence electrons. The smallest absolute Gasteiger partial charge is 0.211 e. The number of nitriles is 1. The second-order valence-corrected chi connectivity index (χ2v) is 7.10. The third-order valence-electron chi connectivity index (χ3n) is 3.70. The first-order valence-corrected chi connectivity index (χ1v) is 8.93. The normalized spacial score (nSPS) is 12.9. The summed E-state index contributed by atoms with van der Waals surface area (Å²) >= 11 is 0. The summed E-state index contributed by atoms with van der Waals surface area (Å²) in [6, 6.07) is 6.65. The van der Waals surface area contributed by atoms with Crippen LogP contribution in [0.3, 0.4) is 0 Å². The van der Waals surface area contributed by atoms with Crippen molar-refractivity contribution in [1.29, 1.82) is 5.26 Å². The van der Waals surface area contributed by atoms with Gasteiger partial charge in [-0.25, -0.2) is 13.1 Å². The van der Waals surface area contributed by atoms with Gasteiger partial charge in [0.25, 0.3) is 0 Å². The number of unbranched alkanes of at least 4 members (excludes halogenated alkanes) is 1. The quantitative estimate of drug-likeness (QED) is 0.800. The molecular formula is C16H24N2O2S. The average Bonchev–Trinajstić information content (AvgIpc) is 2.47. The van der Waals surface area contributed by atoms with Gasteiger partial charge in [0.2, 0.25) is 10.0 Å². The van der Waals surface area contributed by atoms with Crippen molar-refractivity contribution in [2.75, 3.05) is 6.54 Å². The Bertz CT molecular complexity index is 603. The summed E-state index contributed by atoms with van der Waals surface area (Å²) in [5, 5.41) is 8.83. The number of sulfonamides is 1. The molecule has 1 aromatic rings. The summed E-state index contributed by atoms with van der Waals surface area (Å²) in [5.41, 5.74) is 1.07. The van der Waals surface area contributed by atoms with Crippen LogP contribution in [0, 0.1) is 24.2 Å². The fourth-order valence-electron chi connectivity index (χ4n) is 2.27. The molecule has 0 saturated heterocycles. The zero-order valence-corrected chi connectivity index (χ0v) is 13.8. The number of hydrogen-bond acceptors (Lipinski definition) is 3. The van der Waals surface area contributed by atoms with Gasteiger partial charge in [-0.2, -0.15) is 5.26 Å². The first-order chi connectivity index (χ1) is 9.94. The van der Waals surface area contributed by atoms with E-state index in [1.54, 1.807) is 13.0 Å². The van der Waals surface area contributed by atoms with Crippen LogP contribution in [0.1, 0.15) is 50.7 Å². The van der Waals surface area contributed by atoms with Crippen LogP contribution in [0.25, 0.3) is 0 Å². The van der Waals surface area contributed by atoms with E-state index in [-0.39, 0.29) is 4.90 Å². The Hall–Kier alpha value is -1.38. The molecule has 21 heavy (non-hydrogen) atoms. The molecule has 1 atom stereocenters. The van der Waals surface area contributed by atoms with E-state index in [0.29, 0.717) is 23.6 Å². The van der Waals surface area contributed by atoms with Crippen LogP contribution in [0.5, 0.6) is 0 Å². The lowest BCUT2D eigenvalue weighted by atomic mass is 10.00. The molecule has 0 bridgehead atoms. The van der Waals surface area contributed by atoms with Crippen LogP contribution in [0.4, 0.5) is 0 Å². The molecule has 0 fully saturated rings. The van der Waals surface area contributed by atoms with Gasteiger partial charge in [0.1, 0.15) is 0 Å².